The number of halogens is 1. The number of ether oxygens (including phenoxy) is 1. The van der Waals surface area contributed by atoms with Gasteiger partial charge in [0.15, 0.2) is 0 Å². The van der Waals surface area contributed by atoms with Gasteiger partial charge in [0.2, 0.25) is 5.88 Å². The Morgan fingerprint density at radius 1 is 1.37 bits per heavy atom. The maximum atomic E-state index is 13.1. The number of nitrogens with zero attached hydrogens (tertiary/aromatic N) is 3. The van der Waals surface area contributed by atoms with Crippen molar-refractivity contribution in [2.75, 3.05) is 12.8 Å². The van der Waals surface area contributed by atoms with Crippen LogP contribution in [0.25, 0.3) is 0 Å². The average Bonchev–Trinajstić information content (AvgIpc) is 2.38. The van der Waals surface area contributed by atoms with Gasteiger partial charge < -0.3 is 15.3 Å². The van der Waals surface area contributed by atoms with Crippen LogP contribution in [0, 0.1) is 5.82 Å². The normalized spacial score (nSPS) is 10.6. The molecule has 19 heavy (non-hydrogen) atoms. The maximum Gasteiger partial charge on any atom is 0.233 e. The van der Waals surface area contributed by atoms with Crippen LogP contribution >= 0.6 is 0 Å². The van der Waals surface area contributed by atoms with Crippen molar-refractivity contribution in [1.29, 1.82) is 0 Å². The molecule has 2 N–H and O–H groups in total. The van der Waals surface area contributed by atoms with Crippen LogP contribution in [-0.4, -0.2) is 23.3 Å². The average molecular weight is 262 g/mol. The lowest BCUT2D eigenvalue weighted by atomic mass is 10.3. The Kier molecular flexibility index (Phi) is 3.87. The van der Waals surface area contributed by atoms with Crippen molar-refractivity contribution in [1.82, 2.24) is 9.97 Å². The zero-order chi connectivity index (χ0) is 13.7. The standard InChI is InChI=1S/C12H11FN4O2/c1-18-17-6-10-11(14)15-7-16-12(10)19-9-4-2-3-8(13)5-9/h2-7H,1H3,(H2,14,15,16). The van der Waals surface area contributed by atoms with Crippen LogP contribution in [0.5, 0.6) is 11.6 Å². The number of benzene rings is 1. The minimum absolute atomic E-state index is 0.166. The molecule has 0 bridgehead atoms. The van der Waals surface area contributed by atoms with Gasteiger partial charge in [-0.05, 0) is 12.1 Å². The van der Waals surface area contributed by atoms with Gasteiger partial charge in [-0.2, -0.15) is 0 Å². The summed E-state index contributed by atoms with van der Waals surface area (Å²) in [6.07, 6.45) is 2.57. The van der Waals surface area contributed by atoms with E-state index in [0.717, 1.165) is 0 Å². The molecule has 0 fully saturated rings. The zero-order valence-electron chi connectivity index (χ0n) is 10.1. The Morgan fingerprint density at radius 3 is 2.95 bits per heavy atom. The second-order valence-electron chi connectivity index (χ2n) is 3.45. The molecule has 7 heteroatoms. The molecule has 1 heterocycles. The highest BCUT2D eigenvalue weighted by Gasteiger charge is 2.10. The van der Waals surface area contributed by atoms with Crippen LogP contribution in [0.1, 0.15) is 5.56 Å². The van der Waals surface area contributed by atoms with Crippen molar-refractivity contribution < 1.29 is 14.0 Å². The molecule has 1 aromatic carbocycles. The molecule has 1 aromatic heterocycles. The van der Waals surface area contributed by atoms with Crippen molar-refractivity contribution >= 4 is 12.0 Å². The third-order valence-electron chi connectivity index (χ3n) is 2.18. The first-order chi connectivity index (χ1) is 9.20. The van der Waals surface area contributed by atoms with E-state index in [1.807, 2.05) is 0 Å². The maximum absolute atomic E-state index is 13.1. The summed E-state index contributed by atoms with van der Waals surface area (Å²) >= 11 is 0. The summed E-state index contributed by atoms with van der Waals surface area (Å²) in [4.78, 5) is 12.3. The minimum atomic E-state index is -0.411. The van der Waals surface area contributed by atoms with Crippen molar-refractivity contribution in [3.63, 3.8) is 0 Å². The molecule has 0 saturated carbocycles. The largest absolute Gasteiger partial charge is 0.438 e. The van der Waals surface area contributed by atoms with Crippen molar-refractivity contribution in [3.05, 3.63) is 42.0 Å². The summed E-state index contributed by atoms with van der Waals surface area (Å²) in [6, 6.07) is 5.67. The van der Waals surface area contributed by atoms with Gasteiger partial charge in [-0.3, -0.25) is 0 Å². The quantitative estimate of drug-likeness (QED) is 0.672. The number of hydrogen-bond donors (Lipinski definition) is 1. The minimum Gasteiger partial charge on any atom is -0.438 e. The van der Waals surface area contributed by atoms with E-state index in [4.69, 9.17) is 10.5 Å². The van der Waals surface area contributed by atoms with E-state index in [1.165, 1.54) is 37.9 Å². The topological polar surface area (TPSA) is 82.6 Å². The van der Waals surface area contributed by atoms with Gasteiger partial charge in [-0.25, -0.2) is 14.4 Å². The van der Waals surface area contributed by atoms with Crippen LogP contribution in [0.4, 0.5) is 10.2 Å². The molecule has 0 unspecified atom stereocenters. The van der Waals surface area contributed by atoms with Gasteiger partial charge in [0.05, 0.1) is 6.21 Å². The van der Waals surface area contributed by atoms with E-state index in [0.29, 0.717) is 11.3 Å². The van der Waals surface area contributed by atoms with Gasteiger partial charge in [-0.1, -0.05) is 11.2 Å². The molecular formula is C12H11FN4O2. The second kappa shape index (κ2) is 5.76. The van der Waals surface area contributed by atoms with E-state index < -0.39 is 5.82 Å². The van der Waals surface area contributed by atoms with Gasteiger partial charge >= 0.3 is 0 Å². The van der Waals surface area contributed by atoms with Gasteiger partial charge in [0.1, 0.15) is 36.4 Å². The SMILES string of the molecule is CON=Cc1c(N)ncnc1Oc1cccc(F)c1. The molecule has 0 amide bonds. The monoisotopic (exact) mass is 262 g/mol. The van der Waals surface area contributed by atoms with Crippen LogP contribution in [0.3, 0.4) is 0 Å². The fraction of sp³-hybridized carbons (Fsp3) is 0.0833. The summed E-state index contributed by atoms with van der Waals surface area (Å²) in [6.45, 7) is 0. The summed E-state index contributed by atoms with van der Waals surface area (Å²) in [5.41, 5.74) is 6.05. The van der Waals surface area contributed by atoms with Gasteiger partial charge in [0, 0.05) is 6.07 Å². The molecule has 2 rings (SSSR count). The lowest BCUT2D eigenvalue weighted by Crippen LogP contribution is -2.02. The summed E-state index contributed by atoms with van der Waals surface area (Å²) in [5.74, 6) is 0.234. The Hall–Kier alpha value is -2.70. The zero-order valence-corrected chi connectivity index (χ0v) is 10.1. The fourth-order valence-corrected chi connectivity index (χ4v) is 1.34. The molecular weight excluding hydrogens is 251 g/mol. The third-order valence-corrected chi connectivity index (χ3v) is 2.18. The van der Waals surface area contributed by atoms with Crippen molar-refractivity contribution in [2.24, 2.45) is 5.16 Å². The molecule has 0 aliphatic heterocycles. The third kappa shape index (κ3) is 3.15. The molecule has 0 radical (unpaired) electrons. The first-order valence-corrected chi connectivity index (χ1v) is 5.31. The number of nitrogen functional groups attached to an aromatic ring is 1. The molecule has 98 valence electrons. The van der Waals surface area contributed by atoms with E-state index in [-0.39, 0.29) is 11.7 Å². The predicted octanol–water partition coefficient (Wildman–Crippen LogP) is 1.97. The molecule has 0 spiro atoms. The summed E-state index contributed by atoms with van der Waals surface area (Å²) in [5, 5.41) is 3.58. The van der Waals surface area contributed by atoms with Crippen LogP contribution in [-0.2, 0) is 4.84 Å². The number of oxime groups is 1. The van der Waals surface area contributed by atoms with Gasteiger partial charge in [-0.15, -0.1) is 0 Å². The van der Waals surface area contributed by atoms with Crippen LogP contribution in [0.2, 0.25) is 0 Å². The number of aromatic nitrogens is 2. The highest BCUT2D eigenvalue weighted by molar-refractivity contribution is 5.88. The van der Waals surface area contributed by atoms with E-state index in [9.17, 15) is 4.39 Å². The molecule has 0 atom stereocenters. The number of anilines is 1. The highest BCUT2D eigenvalue weighted by Crippen LogP contribution is 2.24. The Labute approximate surface area is 108 Å². The number of hydrogen-bond acceptors (Lipinski definition) is 6. The molecule has 0 aliphatic carbocycles. The first-order valence-electron chi connectivity index (χ1n) is 5.31. The molecule has 6 nitrogen and oxygen atoms in total. The Bertz CT molecular complexity index is 604. The first kappa shape index (κ1) is 12.7. The Morgan fingerprint density at radius 2 is 2.21 bits per heavy atom. The smallest absolute Gasteiger partial charge is 0.233 e. The summed E-state index contributed by atoms with van der Waals surface area (Å²) in [7, 11) is 1.39. The van der Waals surface area contributed by atoms with Crippen molar-refractivity contribution in [2.45, 2.75) is 0 Å². The lowest BCUT2D eigenvalue weighted by molar-refractivity contribution is 0.215. The molecule has 0 aliphatic rings. The van der Waals surface area contributed by atoms with Crippen molar-refractivity contribution in [3.8, 4) is 11.6 Å². The van der Waals surface area contributed by atoms with Gasteiger partial charge in [0.25, 0.3) is 0 Å². The van der Waals surface area contributed by atoms with E-state index >= 15 is 0 Å². The molecule has 0 saturated heterocycles. The molecule has 2 aromatic rings. The Balaban J connectivity index is 2.34. The van der Waals surface area contributed by atoms with Crippen LogP contribution in [0.15, 0.2) is 35.7 Å². The highest BCUT2D eigenvalue weighted by atomic mass is 19.1. The lowest BCUT2D eigenvalue weighted by Gasteiger charge is -2.08. The second-order valence-corrected chi connectivity index (χ2v) is 3.45. The predicted molar refractivity (Wildman–Crippen MR) is 67.5 cm³/mol. The number of rotatable bonds is 4. The number of nitrogens with two attached hydrogens (primary N) is 1. The fourth-order valence-electron chi connectivity index (χ4n) is 1.34. The van der Waals surface area contributed by atoms with E-state index in [1.54, 1.807) is 6.07 Å². The van der Waals surface area contributed by atoms with E-state index in [2.05, 4.69) is 20.0 Å². The summed E-state index contributed by atoms with van der Waals surface area (Å²) < 4.78 is 18.5. The van der Waals surface area contributed by atoms with Crippen LogP contribution < -0.4 is 10.5 Å².